The van der Waals surface area contributed by atoms with E-state index in [9.17, 15) is 5.26 Å². The second kappa shape index (κ2) is 5.07. The lowest BCUT2D eigenvalue weighted by Gasteiger charge is -2.14. The molecule has 1 unspecified atom stereocenters. The van der Waals surface area contributed by atoms with Crippen LogP contribution in [0.5, 0.6) is 0 Å². The SMILES string of the molecule is Cc1ccnc(-n2nc(N3CCC(N)C3)c(C#N)c2N)c1. The van der Waals surface area contributed by atoms with Gasteiger partial charge in [0, 0.05) is 25.3 Å². The summed E-state index contributed by atoms with van der Waals surface area (Å²) in [5, 5.41) is 13.9. The molecule has 2 aromatic heterocycles. The van der Waals surface area contributed by atoms with Gasteiger partial charge in [-0.3, -0.25) is 0 Å². The molecule has 2 aromatic rings. The van der Waals surface area contributed by atoms with Crippen LogP contribution in [0.4, 0.5) is 11.6 Å². The molecule has 21 heavy (non-hydrogen) atoms. The van der Waals surface area contributed by atoms with Crippen LogP contribution in [0.2, 0.25) is 0 Å². The van der Waals surface area contributed by atoms with E-state index in [1.165, 1.54) is 4.68 Å². The van der Waals surface area contributed by atoms with E-state index in [0.29, 0.717) is 29.6 Å². The molecule has 0 bridgehead atoms. The minimum atomic E-state index is 0.111. The first kappa shape index (κ1) is 13.4. The van der Waals surface area contributed by atoms with Crippen molar-refractivity contribution in [3.05, 3.63) is 29.5 Å². The highest BCUT2D eigenvalue weighted by Crippen LogP contribution is 2.28. The molecular weight excluding hydrogens is 266 g/mol. The quantitative estimate of drug-likeness (QED) is 0.833. The summed E-state index contributed by atoms with van der Waals surface area (Å²) in [6, 6.07) is 6.03. The van der Waals surface area contributed by atoms with E-state index in [0.717, 1.165) is 18.5 Å². The zero-order valence-electron chi connectivity index (χ0n) is 11.8. The number of aromatic nitrogens is 3. The van der Waals surface area contributed by atoms with E-state index in [2.05, 4.69) is 16.2 Å². The highest BCUT2D eigenvalue weighted by atomic mass is 15.4. The first-order valence-corrected chi connectivity index (χ1v) is 6.82. The Morgan fingerprint density at radius 2 is 2.29 bits per heavy atom. The van der Waals surface area contributed by atoms with Crippen molar-refractivity contribution in [1.29, 1.82) is 5.26 Å². The van der Waals surface area contributed by atoms with Crippen molar-refractivity contribution in [1.82, 2.24) is 14.8 Å². The van der Waals surface area contributed by atoms with E-state index in [4.69, 9.17) is 11.5 Å². The van der Waals surface area contributed by atoms with Gasteiger partial charge in [0.1, 0.15) is 17.5 Å². The predicted molar refractivity (Wildman–Crippen MR) is 80.0 cm³/mol. The molecule has 0 aliphatic carbocycles. The van der Waals surface area contributed by atoms with Gasteiger partial charge in [0.15, 0.2) is 11.6 Å². The van der Waals surface area contributed by atoms with Crippen LogP contribution >= 0.6 is 0 Å². The summed E-state index contributed by atoms with van der Waals surface area (Å²) in [4.78, 5) is 6.27. The highest BCUT2D eigenvalue weighted by molar-refractivity contribution is 5.67. The van der Waals surface area contributed by atoms with Crippen LogP contribution in [-0.4, -0.2) is 33.9 Å². The normalized spacial score (nSPS) is 18.0. The monoisotopic (exact) mass is 283 g/mol. The van der Waals surface area contributed by atoms with Crippen LogP contribution < -0.4 is 16.4 Å². The molecule has 0 amide bonds. The maximum atomic E-state index is 9.38. The number of nitriles is 1. The standard InChI is InChI=1S/C14H17N7/c1-9-2-4-18-12(6-9)21-13(17)11(7-15)14(19-21)20-5-3-10(16)8-20/h2,4,6,10H,3,5,8,16-17H2,1H3. The van der Waals surface area contributed by atoms with Gasteiger partial charge in [0.05, 0.1) is 0 Å². The number of rotatable bonds is 2. The Morgan fingerprint density at radius 1 is 1.48 bits per heavy atom. The van der Waals surface area contributed by atoms with Crippen LogP contribution in [0.1, 0.15) is 17.5 Å². The molecule has 108 valence electrons. The van der Waals surface area contributed by atoms with Crippen LogP contribution in [0.15, 0.2) is 18.3 Å². The van der Waals surface area contributed by atoms with Crippen molar-refractivity contribution in [2.45, 2.75) is 19.4 Å². The fourth-order valence-electron chi connectivity index (χ4n) is 2.54. The molecule has 3 rings (SSSR count). The first-order chi connectivity index (χ1) is 10.1. The number of nitrogens with zero attached hydrogens (tertiary/aromatic N) is 5. The van der Waals surface area contributed by atoms with Crippen LogP contribution in [-0.2, 0) is 0 Å². The number of nitrogens with two attached hydrogens (primary N) is 2. The molecule has 1 fully saturated rings. The number of hydrogen-bond donors (Lipinski definition) is 2. The molecule has 1 aliphatic rings. The Hall–Kier alpha value is -2.59. The molecule has 0 spiro atoms. The number of pyridine rings is 1. The van der Waals surface area contributed by atoms with Crippen LogP contribution in [0, 0.1) is 18.3 Å². The van der Waals surface area contributed by atoms with E-state index in [1.807, 2.05) is 24.0 Å². The van der Waals surface area contributed by atoms with E-state index >= 15 is 0 Å². The summed E-state index contributed by atoms with van der Waals surface area (Å²) < 4.78 is 1.52. The maximum absolute atomic E-state index is 9.38. The van der Waals surface area contributed by atoms with Crippen LogP contribution in [0.3, 0.4) is 0 Å². The lowest BCUT2D eigenvalue weighted by atomic mass is 10.3. The van der Waals surface area contributed by atoms with Gasteiger partial charge in [0.25, 0.3) is 0 Å². The third-order valence-electron chi connectivity index (χ3n) is 3.66. The zero-order valence-corrected chi connectivity index (χ0v) is 11.8. The zero-order chi connectivity index (χ0) is 15.0. The Balaban J connectivity index is 2.08. The fraction of sp³-hybridized carbons (Fsp3) is 0.357. The predicted octanol–water partition coefficient (Wildman–Crippen LogP) is 0.567. The average molecular weight is 283 g/mol. The largest absolute Gasteiger partial charge is 0.382 e. The summed E-state index contributed by atoms with van der Waals surface area (Å²) in [5.74, 6) is 1.51. The molecule has 0 saturated carbocycles. The Bertz CT molecular complexity index is 713. The molecule has 1 atom stereocenters. The maximum Gasteiger partial charge on any atom is 0.171 e. The molecule has 1 saturated heterocycles. The van der Waals surface area contributed by atoms with Gasteiger partial charge >= 0.3 is 0 Å². The van der Waals surface area contributed by atoms with Crippen molar-refractivity contribution >= 4 is 11.6 Å². The molecule has 7 heteroatoms. The van der Waals surface area contributed by atoms with Crippen molar-refractivity contribution in [3.63, 3.8) is 0 Å². The first-order valence-electron chi connectivity index (χ1n) is 6.82. The van der Waals surface area contributed by atoms with Crippen molar-refractivity contribution < 1.29 is 0 Å². The third kappa shape index (κ3) is 2.30. The molecule has 1 aliphatic heterocycles. The second-order valence-electron chi connectivity index (χ2n) is 5.29. The second-order valence-corrected chi connectivity index (χ2v) is 5.29. The Labute approximate surface area is 122 Å². The number of anilines is 2. The summed E-state index contributed by atoms with van der Waals surface area (Å²) in [6.45, 7) is 3.44. The highest BCUT2D eigenvalue weighted by Gasteiger charge is 2.27. The fourth-order valence-corrected chi connectivity index (χ4v) is 2.54. The summed E-state index contributed by atoms with van der Waals surface area (Å²) in [6.07, 6.45) is 2.59. The molecule has 7 nitrogen and oxygen atoms in total. The van der Waals surface area contributed by atoms with Gasteiger partial charge < -0.3 is 16.4 Å². The van der Waals surface area contributed by atoms with Crippen molar-refractivity contribution in [3.8, 4) is 11.9 Å². The third-order valence-corrected chi connectivity index (χ3v) is 3.66. The number of aryl methyl sites for hydroxylation is 1. The van der Waals surface area contributed by atoms with Crippen LogP contribution in [0.25, 0.3) is 5.82 Å². The van der Waals surface area contributed by atoms with Crippen molar-refractivity contribution in [2.24, 2.45) is 5.73 Å². The van der Waals surface area contributed by atoms with Gasteiger partial charge in [0.2, 0.25) is 0 Å². The lowest BCUT2D eigenvalue weighted by Crippen LogP contribution is -2.27. The number of hydrogen-bond acceptors (Lipinski definition) is 6. The Morgan fingerprint density at radius 3 is 2.90 bits per heavy atom. The molecule has 0 radical (unpaired) electrons. The Kier molecular flexibility index (Phi) is 3.23. The van der Waals surface area contributed by atoms with Gasteiger partial charge in [-0.2, -0.15) is 9.94 Å². The molecule has 3 heterocycles. The van der Waals surface area contributed by atoms with Gasteiger partial charge in [-0.1, -0.05) is 0 Å². The summed E-state index contributed by atoms with van der Waals surface area (Å²) in [7, 11) is 0. The minimum absolute atomic E-state index is 0.111. The van der Waals surface area contributed by atoms with Gasteiger partial charge in [-0.05, 0) is 31.0 Å². The molecule has 0 aromatic carbocycles. The summed E-state index contributed by atoms with van der Waals surface area (Å²) >= 11 is 0. The van der Waals surface area contributed by atoms with E-state index in [-0.39, 0.29) is 6.04 Å². The van der Waals surface area contributed by atoms with Gasteiger partial charge in [-0.25, -0.2) is 4.98 Å². The average Bonchev–Trinajstić information content (AvgIpc) is 3.02. The molecule has 4 N–H and O–H groups in total. The topological polar surface area (TPSA) is 110 Å². The molecular formula is C14H17N7. The van der Waals surface area contributed by atoms with E-state index in [1.54, 1.807) is 6.20 Å². The van der Waals surface area contributed by atoms with Crippen molar-refractivity contribution in [2.75, 3.05) is 23.7 Å². The van der Waals surface area contributed by atoms with E-state index < -0.39 is 0 Å². The lowest BCUT2D eigenvalue weighted by molar-refractivity contribution is 0.750. The number of nitrogen functional groups attached to an aromatic ring is 1. The minimum Gasteiger partial charge on any atom is -0.382 e. The smallest absolute Gasteiger partial charge is 0.171 e. The summed E-state index contributed by atoms with van der Waals surface area (Å²) in [5.41, 5.74) is 13.4. The van der Waals surface area contributed by atoms with Gasteiger partial charge in [-0.15, -0.1) is 5.10 Å².